The van der Waals surface area contributed by atoms with E-state index in [9.17, 15) is 14.4 Å². The van der Waals surface area contributed by atoms with Crippen LogP contribution in [0.5, 0.6) is 0 Å². The summed E-state index contributed by atoms with van der Waals surface area (Å²) in [5, 5.41) is 6.07. The van der Waals surface area contributed by atoms with Crippen molar-refractivity contribution < 1.29 is 14.4 Å². The SMILES string of the molecule is CC(=O)c1cccc(NC(=O)c2cccc(C(=O)Nc3ccc(Cl)cc3)c2)c1. The highest BCUT2D eigenvalue weighted by Gasteiger charge is 2.12. The van der Waals surface area contributed by atoms with Crippen LogP contribution in [0.1, 0.15) is 38.0 Å². The third-order valence-corrected chi connectivity index (χ3v) is 4.27. The molecule has 0 aliphatic heterocycles. The van der Waals surface area contributed by atoms with Gasteiger partial charge in [0, 0.05) is 33.1 Å². The Morgan fingerprint density at radius 1 is 0.679 bits per heavy atom. The lowest BCUT2D eigenvalue weighted by Crippen LogP contribution is -2.15. The molecule has 3 rings (SSSR count). The van der Waals surface area contributed by atoms with Gasteiger partial charge in [-0.2, -0.15) is 0 Å². The standard InChI is InChI=1S/C22H17ClN2O3/c1-14(26)15-4-3-7-20(13-15)25-22(28)17-6-2-5-16(12-17)21(27)24-19-10-8-18(23)9-11-19/h2-13H,1H3,(H,24,27)(H,25,28). The summed E-state index contributed by atoms with van der Waals surface area (Å²) in [6.45, 7) is 1.46. The molecule has 0 spiro atoms. The average molecular weight is 393 g/mol. The van der Waals surface area contributed by atoms with Crippen molar-refractivity contribution in [1.82, 2.24) is 0 Å². The number of hydrogen-bond acceptors (Lipinski definition) is 3. The van der Waals surface area contributed by atoms with Gasteiger partial charge in [0.2, 0.25) is 0 Å². The molecule has 0 bridgehead atoms. The second-order valence-corrected chi connectivity index (χ2v) is 6.57. The van der Waals surface area contributed by atoms with E-state index >= 15 is 0 Å². The van der Waals surface area contributed by atoms with Crippen LogP contribution >= 0.6 is 11.6 Å². The molecule has 0 aromatic heterocycles. The Labute approximate surface area is 167 Å². The number of rotatable bonds is 5. The summed E-state index contributed by atoms with van der Waals surface area (Å²) in [6.07, 6.45) is 0. The topological polar surface area (TPSA) is 75.3 Å². The second kappa shape index (κ2) is 8.50. The van der Waals surface area contributed by atoms with Gasteiger partial charge in [-0.1, -0.05) is 29.8 Å². The van der Waals surface area contributed by atoms with Crippen LogP contribution in [0.4, 0.5) is 11.4 Å². The average Bonchev–Trinajstić information content (AvgIpc) is 2.70. The fourth-order valence-corrected chi connectivity index (χ4v) is 2.68. The van der Waals surface area contributed by atoms with Crippen LogP contribution < -0.4 is 10.6 Å². The van der Waals surface area contributed by atoms with Gasteiger partial charge >= 0.3 is 0 Å². The Bertz CT molecular complexity index is 1050. The van der Waals surface area contributed by atoms with Gasteiger partial charge in [-0.05, 0) is 61.5 Å². The van der Waals surface area contributed by atoms with Crippen LogP contribution in [-0.4, -0.2) is 17.6 Å². The van der Waals surface area contributed by atoms with Crippen molar-refractivity contribution in [2.75, 3.05) is 10.6 Å². The van der Waals surface area contributed by atoms with E-state index in [4.69, 9.17) is 11.6 Å². The predicted molar refractivity (Wildman–Crippen MR) is 110 cm³/mol. The minimum Gasteiger partial charge on any atom is -0.322 e. The Morgan fingerprint density at radius 3 is 1.82 bits per heavy atom. The molecule has 6 heteroatoms. The Hall–Kier alpha value is -3.44. The van der Waals surface area contributed by atoms with Gasteiger partial charge in [-0.15, -0.1) is 0 Å². The molecule has 140 valence electrons. The van der Waals surface area contributed by atoms with E-state index in [1.807, 2.05) is 0 Å². The number of nitrogens with one attached hydrogen (secondary N) is 2. The fraction of sp³-hybridized carbons (Fsp3) is 0.0455. The summed E-state index contributed by atoms with van der Waals surface area (Å²) in [5.41, 5.74) is 2.30. The molecule has 2 N–H and O–H groups in total. The number of hydrogen-bond donors (Lipinski definition) is 2. The van der Waals surface area contributed by atoms with E-state index < -0.39 is 0 Å². The zero-order valence-corrected chi connectivity index (χ0v) is 15.8. The van der Waals surface area contributed by atoms with Gasteiger partial charge in [0.05, 0.1) is 0 Å². The van der Waals surface area contributed by atoms with Gasteiger partial charge in [0.1, 0.15) is 0 Å². The van der Waals surface area contributed by atoms with E-state index in [1.54, 1.807) is 66.7 Å². The summed E-state index contributed by atoms with van der Waals surface area (Å²) in [7, 11) is 0. The third kappa shape index (κ3) is 4.84. The number of benzene rings is 3. The maximum atomic E-state index is 12.5. The molecule has 0 radical (unpaired) electrons. The van der Waals surface area contributed by atoms with Crippen molar-refractivity contribution >= 4 is 40.6 Å². The zero-order valence-electron chi connectivity index (χ0n) is 15.0. The normalized spacial score (nSPS) is 10.2. The molecular formula is C22H17ClN2O3. The summed E-state index contributed by atoms with van der Waals surface area (Å²) in [4.78, 5) is 36.4. The van der Waals surface area contributed by atoms with Crippen molar-refractivity contribution in [2.45, 2.75) is 6.92 Å². The molecule has 0 aliphatic carbocycles. The molecule has 0 saturated heterocycles. The molecule has 0 atom stereocenters. The van der Waals surface area contributed by atoms with Crippen LogP contribution in [-0.2, 0) is 0 Å². The number of Topliss-reactive ketones (excluding diaryl/α,β-unsaturated/α-hetero) is 1. The number of carbonyl (C=O) groups excluding carboxylic acids is 3. The molecule has 2 amide bonds. The summed E-state index contributed by atoms with van der Waals surface area (Å²) in [5.74, 6) is -0.797. The Morgan fingerprint density at radius 2 is 1.21 bits per heavy atom. The number of amides is 2. The van der Waals surface area contributed by atoms with Crippen molar-refractivity contribution in [3.05, 3.63) is 94.5 Å². The van der Waals surface area contributed by atoms with Crippen molar-refractivity contribution in [1.29, 1.82) is 0 Å². The van der Waals surface area contributed by atoms with E-state index in [0.717, 1.165) is 0 Å². The fourth-order valence-electron chi connectivity index (χ4n) is 2.56. The van der Waals surface area contributed by atoms with E-state index in [1.165, 1.54) is 13.0 Å². The maximum Gasteiger partial charge on any atom is 0.255 e. The molecule has 28 heavy (non-hydrogen) atoms. The van der Waals surface area contributed by atoms with Crippen LogP contribution in [0.2, 0.25) is 5.02 Å². The van der Waals surface area contributed by atoms with Gasteiger partial charge in [-0.25, -0.2) is 0 Å². The van der Waals surface area contributed by atoms with Gasteiger partial charge < -0.3 is 10.6 Å². The molecule has 0 unspecified atom stereocenters. The molecule has 5 nitrogen and oxygen atoms in total. The first-order valence-electron chi connectivity index (χ1n) is 8.52. The van der Waals surface area contributed by atoms with Crippen LogP contribution in [0.25, 0.3) is 0 Å². The molecule has 3 aromatic carbocycles. The molecule has 0 saturated carbocycles. The van der Waals surface area contributed by atoms with Gasteiger partial charge in [0.25, 0.3) is 11.8 Å². The Balaban J connectivity index is 1.74. The molecule has 0 aliphatic rings. The quantitative estimate of drug-likeness (QED) is 0.597. The maximum absolute atomic E-state index is 12.5. The zero-order chi connectivity index (χ0) is 20.1. The summed E-state index contributed by atoms with van der Waals surface area (Å²) in [6, 6.07) is 19.8. The minimum absolute atomic E-state index is 0.0861. The molecule has 0 heterocycles. The Kier molecular flexibility index (Phi) is 5.87. The van der Waals surface area contributed by atoms with Crippen molar-refractivity contribution in [2.24, 2.45) is 0 Å². The highest BCUT2D eigenvalue weighted by molar-refractivity contribution is 6.30. The number of halogens is 1. The molecular weight excluding hydrogens is 376 g/mol. The smallest absolute Gasteiger partial charge is 0.255 e. The predicted octanol–water partition coefficient (Wildman–Crippen LogP) is 5.05. The molecule has 3 aromatic rings. The molecule has 0 fully saturated rings. The first-order chi connectivity index (χ1) is 13.4. The monoisotopic (exact) mass is 392 g/mol. The lowest BCUT2D eigenvalue weighted by molar-refractivity contribution is 0.100. The van der Waals surface area contributed by atoms with Crippen molar-refractivity contribution in [3.8, 4) is 0 Å². The largest absolute Gasteiger partial charge is 0.322 e. The highest BCUT2D eigenvalue weighted by atomic mass is 35.5. The minimum atomic E-state index is -0.373. The first kappa shape index (κ1) is 19.3. The van der Waals surface area contributed by atoms with Crippen LogP contribution in [0, 0.1) is 0 Å². The second-order valence-electron chi connectivity index (χ2n) is 6.13. The number of ketones is 1. The lowest BCUT2D eigenvalue weighted by atomic mass is 10.1. The van der Waals surface area contributed by atoms with E-state index in [2.05, 4.69) is 10.6 Å². The third-order valence-electron chi connectivity index (χ3n) is 4.02. The van der Waals surface area contributed by atoms with Crippen LogP contribution in [0.15, 0.2) is 72.8 Å². The number of anilines is 2. The summed E-state index contributed by atoms with van der Waals surface area (Å²) < 4.78 is 0. The van der Waals surface area contributed by atoms with Gasteiger partial charge in [-0.3, -0.25) is 14.4 Å². The number of carbonyl (C=O) groups is 3. The van der Waals surface area contributed by atoms with Gasteiger partial charge in [0.15, 0.2) is 5.78 Å². The van der Waals surface area contributed by atoms with E-state index in [-0.39, 0.29) is 17.6 Å². The van der Waals surface area contributed by atoms with E-state index in [0.29, 0.717) is 33.1 Å². The van der Waals surface area contributed by atoms with Crippen molar-refractivity contribution in [3.63, 3.8) is 0 Å². The first-order valence-corrected chi connectivity index (χ1v) is 8.89. The lowest BCUT2D eigenvalue weighted by Gasteiger charge is -2.09. The van der Waals surface area contributed by atoms with Crippen LogP contribution in [0.3, 0.4) is 0 Å². The highest BCUT2D eigenvalue weighted by Crippen LogP contribution is 2.16. The summed E-state index contributed by atoms with van der Waals surface area (Å²) >= 11 is 5.84.